The van der Waals surface area contributed by atoms with Gasteiger partial charge in [-0.3, -0.25) is 4.90 Å². The van der Waals surface area contributed by atoms with E-state index < -0.39 is 6.10 Å². The van der Waals surface area contributed by atoms with E-state index in [0.717, 1.165) is 17.9 Å². The van der Waals surface area contributed by atoms with E-state index in [1.165, 1.54) is 17.7 Å². The van der Waals surface area contributed by atoms with E-state index in [-0.39, 0.29) is 0 Å². The summed E-state index contributed by atoms with van der Waals surface area (Å²) in [6.45, 7) is 2.43. The minimum atomic E-state index is -0.462. The summed E-state index contributed by atoms with van der Waals surface area (Å²) in [4.78, 5) is 3.73. The van der Waals surface area contributed by atoms with Crippen molar-refractivity contribution in [3.05, 3.63) is 52.2 Å². The number of thiophene rings is 1. The summed E-state index contributed by atoms with van der Waals surface area (Å²) in [5.74, 6) is 0.826. The first kappa shape index (κ1) is 17.4. The number of hydrogen-bond donors (Lipinski definition) is 1. The van der Waals surface area contributed by atoms with Crippen LogP contribution in [0.1, 0.15) is 23.3 Å². The maximum absolute atomic E-state index is 10.3. The Morgan fingerprint density at radius 3 is 2.88 bits per heavy atom. The predicted molar refractivity (Wildman–Crippen MR) is 96.4 cm³/mol. The molecule has 1 N–H and O–H groups in total. The van der Waals surface area contributed by atoms with Gasteiger partial charge in [0, 0.05) is 24.0 Å². The lowest BCUT2D eigenvalue weighted by Crippen LogP contribution is -2.35. The van der Waals surface area contributed by atoms with Crippen molar-refractivity contribution >= 4 is 11.3 Å². The van der Waals surface area contributed by atoms with E-state index in [1.54, 1.807) is 18.4 Å². The Kier molecular flexibility index (Phi) is 6.26. The molecule has 5 heteroatoms. The number of aliphatic hydroxyl groups excluding tert-OH is 1. The Bertz CT molecular complexity index is 613. The van der Waals surface area contributed by atoms with Crippen LogP contribution in [0.3, 0.4) is 0 Å². The van der Waals surface area contributed by atoms with Crippen molar-refractivity contribution in [3.8, 4) is 5.75 Å². The fourth-order valence-electron chi connectivity index (χ4n) is 2.78. The molecule has 0 aliphatic heterocycles. The Morgan fingerprint density at radius 1 is 1.29 bits per heavy atom. The van der Waals surface area contributed by atoms with Crippen molar-refractivity contribution < 1.29 is 14.6 Å². The van der Waals surface area contributed by atoms with E-state index >= 15 is 0 Å². The van der Waals surface area contributed by atoms with Gasteiger partial charge < -0.3 is 14.6 Å². The quantitative estimate of drug-likeness (QED) is 0.716. The molecule has 1 aliphatic carbocycles. The first-order valence-corrected chi connectivity index (χ1v) is 9.27. The maximum atomic E-state index is 10.3. The molecule has 3 rings (SSSR count). The van der Waals surface area contributed by atoms with Crippen LogP contribution in [0.2, 0.25) is 0 Å². The van der Waals surface area contributed by atoms with Crippen molar-refractivity contribution in [2.45, 2.75) is 38.1 Å². The number of ether oxygens (including phenoxy) is 2. The van der Waals surface area contributed by atoms with E-state index in [1.807, 2.05) is 24.3 Å². The number of benzene rings is 1. The largest absolute Gasteiger partial charge is 0.497 e. The molecule has 0 amide bonds. The van der Waals surface area contributed by atoms with Gasteiger partial charge in [0.1, 0.15) is 5.75 Å². The summed E-state index contributed by atoms with van der Waals surface area (Å²) in [7, 11) is 1.66. The van der Waals surface area contributed by atoms with Gasteiger partial charge in [-0.2, -0.15) is 0 Å². The topological polar surface area (TPSA) is 41.9 Å². The second-order valence-electron chi connectivity index (χ2n) is 6.26. The van der Waals surface area contributed by atoms with Gasteiger partial charge in [0.15, 0.2) is 0 Å². The Labute approximate surface area is 147 Å². The minimum absolute atomic E-state index is 0.352. The monoisotopic (exact) mass is 347 g/mol. The van der Waals surface area contributed by atoms with Gasteiger partial charge in [-0.25, -0.2) is 0 Å². The molecule has 2 aromatic rings. The van der Waals surface area contributed by atoms with Crippen molar-refractivity contribution in [1.29, 1.82) is 0 Å². The number of nitrogens with zero attached hydrogens (tertiary/aromatic N) is 1. The zero-order valence-corrected chi connectivity index (χ0v) is 14.9. The Morgan fingerprint density at radius 2 is 2.17 bits per heavy atom. The second-order valence-corrected chi connectivity index (χ2v) is 7.29. The molecule has 1 aromatic heterocycles. The standard InChI is InChI=1S/C19H25NO3S/c1-22-18-5-2-4-15(10-18)13-23-14-17(21)11-20(16-7-8-16)12-19-6-3-9-24-19/h2-6,9-10,16-17,21H,7-8,11-14H2,1H3. The summed E-state index contributed by atoms with van der Waals surface area (Å²) < 4.78 is 10.9. The molecular weight excluding hydrogens is 322 g/mol. The van der Waals surface area contributed by atoms with E-state index in [9.17, 15) is 5.11 Å². The zero-order chi connectivity index (χ0) is 16.8. The summed E-state index contributed by atoms with van der Waals surface area (Å²) >= 11 is 1.78. The minimum Gasteiger partial charge on any atom is -0.497 e. The molecule has 0 spiro atoms. The molecule has 0 bridgehead atoms. The highest BCUT2D eigenvalue weighted by molar-refractivity contribution is 7.09. The average molecular weight is 347 g/mol. The van der Waals surface area contributed by atoms with Crippen LogP contribution in [-0.4, -0.2) is 42.4 Å². The third kappa shape index (κ3) is 5.31. The highest BCUT2D eigenvalue weighted by atomic mass is 32.1. The van der Waals surface area contributed by atoms with Gasteiger partial charge in [-0.15, -0.1) is 11.3 Å². The lowest BCUT2D eigenvalue weighted by molar-refractivity contribution is 0.00718. The van der Waals surface area contributed by atoms with E-state index in [2.05, 4.69) is 22.4 Å². The molecule has 1 atom stereocenters. The zero-order valence-electron chi connectivity index (χ0n) is 14.1. The van der Waals surface area contributed by atoms with Crippen LogP contribution >= 0.6 is 11.3 Å². The molecular formula is C19H25NO3S. The highest BCUT2D eigenvalue weighted by Gasteiger charge is 2.30. The molecule has 0 saturated heterocycles. The average Bonchev–Trinajstić information content (AvgIpc) is 3.32. The second kappa shape index (κ2) is 8.62. The van der Waals surface area contributed by atoms with Crippen LogP contribution in [-0.2, 0) is 17.9 Å². The van der Waals surface area contributed by atoms with Gasteiger partial charge in [0.25, 0.3) is 0 Å². The van der Waals surface area contributed by atoms with Crippen molar-refractivity contribution in [1.82, 2.24) is 4.90 Å². The molecule has 4 nitrogen and oxygen atoms in total. The van der Waals surface area contributed by atoms with Crippen LogP contribution in [0.15, 0.2) is 41.8 Å². The van der Waals surface area contributed by atoms with Crippen LogP contribution < -0.4 is 4.74 Å². The normalized spacial score (nSPS) is 15.6. The van der Waals surface area contributed by atoms with Gasteiger partial charge in [-0.05, 0) is 42.0 Å². The molecule has 0 radical (unpaired) electrons. The van der Waals surface area contributed by atoms with Crippen molar-refractivity contribution in [2.75, 3.05) is 20.3 Å². The third-order valence-corrected chi connectivity index (χ3v) is 5.02. The van der Waals surface area contributed by atoms with E-state index in [4.69, 9.17) is 9.47 Å². The molecule has 1 fully saturated rings. The smallest absolute Gasteiger partial charge is 0.119 e. The van der Waals surface area contributed by atoms with Crippen LogP contribution in [0.25, 0.3) is 0 Å². The van der Waals surface area contributed by atoms with Crippen LogP contribution in [0, 0.1) is 0 Å². The molecule has 1 heterocycles. The van der Waals surface area contributed by atoms with E-state index in [0.29, 0.717) is 25.8 Å². The number of methoxy groups -OCH3 is 1. The fourth-order valence-corrected chi connectivity index (χ4v) is 3.51. The third-order valence-electron chi connectivity index (χ3n) is 4.16. The summed E-state index contributed by atoms with van der Waals surface area (Å²) in [6, 6.07) is 12.7. The molecule has 1 saturated carbocycles. The maximum Gasteiger partial charge on any atom is 0.119 e. The first-order chi connectivity index (χ1) is 11.7. The predicted octanol–water partition coefficient (Wildman–Crippen LogP) is 3.30. The fraction of sp³-hybridized carbons (Fsp3) is 0.474. The first-order valence-electron chi connectivity index (χ1n) is 8.40. The molecule has 130 valence electrons. The van der Waals surface area contributed by atoms with Crippen molar-refractivity contribution in [3.63, 3.8) is 0 Å². The molecule has 1 aliphatic rings. The lowest BCUT2D eigenvalue weighted by atomic mass is 10.2. The van der Waals surface area contributed by atoms with Crippen LogP contribution in [0.5, 0.6) is 5.75 Å². The molecule has 1 unspecified atom stereocenters. The van der Waals surface area contributed by atoms with Gasteiger partial charge in [-0.1, -0.05) is 18.2 Å². The lowest BCUT2D eigenvalue weighted by Gasteiger charge is -2.24. The summed E-state index contributed by atoms with van der Waals surface area (Å²) in [6.07, 6.45) is 2.02. The van der Waals surface area contributed by atoms with Crippen molar-refractivity contribution in [2.24, 2.45) is 0 Å². The SMILES string of the molecule is COc1cccc(COCC(O)CN(Cc2cccs2)C2CC2)c1. The molecule has 24 heavy (non-hydrogen) atoms. The van der Waals surface area contributed by atoms with Gasteiger partial charge in [0.2, 0.25) is 0 Å². The van der Waals surface area contributed by atoms with Gasteiger partial charge >= 0.3 is 0 Å². The number of rotatable bonds is 10. The van der Waals surface area contributed by atoms with Gasteiger partial charge in [0.05, 0.1) is 26.4 Å². The Hall–Kier alpha value is -1.40. The number of aliphatic hydroxyl groups is 1. The van der Waals surface area contributed by atoms with Crippen LogP contribution in [0.4, 0.5) is 0 Å². The molecule has 1 aromatic carbocycles. The Balaban J connectivity index is 1.43. The number of hydrogen-bond acceptors (Lipinski definition) is 5. The summed E-state index contributed by atoms with van der Waals surface area (Å²) in [5, 5.41) is 12.4. The highest BCUT2D eigenvalue weighted by Crippen LogP contribution is 2.29. The summed E-state index contributed by atoms with van der Waals surface area (Å²) in [5.41, 5.74) is 1.05.